The lowest BCUT2D eigenvalue weighted by Gasteiger charge is -2.41. The van der Waals surface area contributed by atoms with Crippen molar-refractivity contribution in [2.24, 2.45) is 11.8 Å². The zero-order valence-corrected chi connectivity index (χ0v) is 12.0. The Morgan fingerprint density at radius 1 is 1.33 bits per heavy atom. The fourth-order valence-corrected chi connectivity index (χ4v) is 2.94. The lowest BCUT2D eigenvalue weighted by molar-refractivity contribution is 0.0729. The summed E-state index contributed by atoms with van der Waals surface area (Å²) >= 11 is 0. The zero-order valence-electron chi connectivity index (χ0n) is 12.0. The Hall–Kier alpha value is -1.09. The van der Waals surface area contributed by atoms with Crippen molar-refractivity contribution >= 4 is 5.82 Å². The predicted octanol–water partition coefficient (Wildman–Crippen LogP) is 2.99. The summed E-state index contributed by atoms with van der Waals surface area (Å²) < 4.78 is 0. The molecular formula is C15H25N3. The normalized spacial score (nSPS) is 29.2. The molecule has 0 saturated carbocycles. The van der Waals surface area contributed by atoms with Crippen LogP contribution in [0.15, 0.2) is 18.3 Å². The number of anilines is 1. The van der Waals surface area contributed by atoms with Crippen LogP contribution in [-0.4, -0.2) is 29.5 Å². The van der Waals surface area contributed by atoms with Crippen molar-refractivity contribution in [2.45, 2.75) is 39.8 Å². The first kappa shape index (κ1) is 13.3. The van der Waals surface area contributed by atoms with E-state index in [4.69, 9.17) is 0 Å². The highest BCUT2D eigenvalue weighted by Gasteiger charge is 2.28. The third kappa shape index (κ3) is 3.02. The van der Waals surface area contributed by atoms with Crippen LogP contribution >= 0.6 is 0 Å². The summed E-state index contributed by atoms with van der Waals surface area (Å²) in [6.07, 6.45) is 3.34. The van der Waals surface area contributed by atoms with Gasteiger partial charge in [0.1, 0.15) is 5.82 Å². The van der Waals surface area contributed by atoms with Gasteiger partial charge >= 0.3 is 0 Å². The Bertz CT molecular complexity index is 374. The molecule has 1 N–H and O–H groups in total. The van der Waals surface area contributed by atoms with Crippen LogP contribution in [0.25, 0.3) is 0 Å². The van der Waals surface area contributed by atoms with Gasteiger partial charge in [-0.3, -0.25) is 4.90 Å². The van der Waals surface area contributed by atoms with Gasteiger partial charge in [-0.05, 0) is 36.8 Å². The van der Waals surface area contributed by atoms with Gasteiger partial charge in [0.15, 0.2) is 0 Å². The van der Waals surface area contributed by atoms with E-state index in [1.807, 2.05) is 13.2 Å². The fourth-order valence-electron chi connectivity index (χ4n) is 2.94. The maximum atomic E-state index is 4.39. The highest BCUT2D eigenvalue weighted by molar-refractivity contribution is 5.34. The zero-order chi connectivity index (χ0) is 13.1. The third-order valence-electron chi connectivity index (χ3n) is 4.19. The molecule has 0 spiro atoms. The molecule has 3 unspecified atom stereocenters. The number of nitrogens with one attached hydrogen (secondary N) is 1. The Morgan fingerprint density at radius 2 is 2.11 bits per heavy atom. The molecule has 1 aromatic heterocycles. The van der Waals surface area contributed by atoms with Crippen molar-refractivity contribution in [1.82, 2.24) is 9.88 Å². The number of rotatable bonds is 3. The Kier molecular flexibility index (Phi) is 4.23. The van der Waals surface area contributed by atoms with Crippen LogP contribution in [0.4, 0.5) is 5.82 Å². The number of piperidine rings is 1. The van der Waals surface area contributed by atoms with Crippen molar-refractivity contribution < 1.29 is 0 Å². The van der Waals surface area contributed by atoms with Crippen molar-refractivity contribution in [3.8, 4) is 0 Å². The molecule has 1 aromatic rings. The minimum Gasteiger partial charge on any atom is -0.373 e. The second kappa shape index (κ2) is 5.70. The monoisotopic (exact) mass is 247 g/mol. The maximum absolute atomic E-state index is 4.39. The molecule has 18 heavy (non-hydrogen) atoms. The minimum atomic E-state index is 0.671. The molecule has 0 radical (unpaired) electrons. The first-order chi connectivity index (χ1) is 8.60. The van der Waals surface area contributed by atoms with Crippen LogP contribution in [0.2, 0.25) is 0 Å². The molecule has 2 rings (SSSR count). The molecule has 1 aliphatic heterocycles. The Balaban J connectivity index is 2.02. The number of pyridine rings is 1. The summed E-state index contributed by atoms with van der Waals surface area (Å²) in [6, 6.07) is 4.90. The second-order valence-corrected chi connectivity index (χ2v) is 5.79. The van der Waals surface area contributed by atoms with Crippen LogP contribution in [0.1, 0.15) is 32.8 Å². The molecule has 1 aliphatic rings. The molecule has 0 amide bonds. The standard InChI is InChI=1S/C15H25N3/c1-11-7-12(2)13(3)18(9-11)10-14-5-6-15(16-4)17-8-14/h5-6,8,11-13H,7,9-10H2,1-4H3,(H,16,17). The average molecular weight is 247 g/mol. The molecule has 3 atom stereocenters. The van der Waals surface area contributed by atoms with Crippen molar-refractivity contribution in [3.63, 3.8) is 0 Å². The van der Waals surface area contributed by atoms with Crippen LogP contribution in [-0.2, 0) is 6.54 Å². The van der Waals surface area contributed by atoms with Crippen LogP contribution in [0.5, 0.6) is 0 Å². The van der Waals surface area contributed by atoms with E-state index in [9.17, 15) is 0 Å². The van der Waals surface area contributed by atoms with Gasteiger partial charge in [0.05, 0.1) is 0 Å². The number of aromatic nitrogens is 1. The van der Waals surface area contributed by atoms with Crippen LogP contribution < -0.4 is 5.32 Å². The van der Waals surface area contributed by atoms with E-state index >= 15 is 0 Å². The van der Waals surface area contributed by atoms with Crippen molar-refractivity contribution in [1.29, 1.82) is 0 Å². The Labute approximate surface area is 111 Å². The molecule has 0 aliphatic carbocycles. The van der Waals surface area contributed by atoms with Gasteiger partial charge in [-0.15, -0.1) is 0 Å². The highest BCUT2D eigenvalue weighted by Crippen LogP contribution is 2.28. The maximum Gasteiger partial charge on any atom is 0.125 e. The third-order valence-corrected chi connectivity index (χ3v) is 4.19. The molecule has 3 nitrogen and oxygen atoms in total. The van der Waals surface area contributed by atoms with Gasteiger partial charge < -0.3 is 5.32 Å². The summed E-state index contributed by atoms with van der Waals surface area (Å²) in [4.78, 5) is 6.98. The lowest BCUT2D eigenvalue weighted by atomic mass is 9.86. The molecule has 0 aromatic carbocycles. The Morgan fingerprint density at radius 3 is 2.72 bits per heavy atom. The molecule has 3 heteroatoms. The molecular weight excluding hydrogens is 222 g/mol. The van der Waals surface area contributed by atoms with Crippen LogP contribution in [0, 0.1) is 11.8 Å². The summed E-state index contributed by atoms with van der Waals surface area (Å²) in [7, 11) is 1.90. The topological polar surface area (TPSA) is 28.2 Å². The summed E-state index contributed by atoms with van der Waals surface area (Å²) in [5, 5.41) is 3.06. The number of nitrogens with zero attached hydrogens (tertiary/aromatic N) is 2. The number of likely N-dealkylation sites (tertiary alicyclic amines) is 1. The summed E-state index contributed by atoms with van der Waals surface area (Å²) in [5.74, 6) is 2.53. The minimum absolute atomic E-state index is 0.671. The van der Waals surface area contributed by atoms with Gasteiger partial charge in [0.25, 0.3) is 0 Å². The largest absolute Gasteiger partial charge is 0.373 e. The quantitative estimate of drug-likeness (QED) is 0.890. The van der Waals surface area contributed by atoms with E-state index in [0.29, 0.717) is 6.04 Å². The van der Waals surface area contributed by atoms with E-state index in [1.165, 1.54) is 18.5 Å². The van der Waals surface area contributed by atoms with Crippen molar-refractivity contribution in [2.75, 3.05) is 18.9 Å². The van der Waals surface area contributed by atoms with Gasteiger partial charge in [-0.2, -0.15) is 0 Å². The summed E-state index contributed by atoms with van der Waals surface area (Å²) in [6.45, 7) is 9.31. The first-order valence-electron chi connectivity index (χ1n) is 6.97. The highest BCUT2D eigenvalue weighted by atomic mass is 15.2. The molecule has 100 valence electrons. The van der Waals surface area contributed by atoms with E-state index in [0.717, 1.165) is 24.2 Å². The average Bonchev–Trinajstić information content (AvgIpc) is 2.36. The smallest absolute Gasteiger partial charge is 0.125 e. The molecule has 0 bridgehead atoms. The molecule has 1 fully saturated rings. The second-order valence-electron chi connectivity index (χ2n) is 5.79. The number of hydrogen-bond acceptors (Lipinski definition) is 3. The first-order valence-corrected chi connectivity index (χ1v) is 6.97. The lowest BCUT2D eigenvalue weighted by Crippen LogP contribution is -2.45. The number of hydrogen-bond donors (Lipinski definition) is 1. The van der Waals surface area contributed by atoms with Crippen molar-refractivity contribution in [3.05, 3.63) is 23.9 Å². The van der Waals surface area contributed by atoms with E-state index in [2.05, 4.69) is 48.1 Å². The van der Waals surface area contributed by atoms with Gasteiger partial charge in [-0.1, -0.05) is 19.9 Å². The summed E-state index contributed by atoms with van der Waals surface area (Å²) in [5.41, 5.74) is 1.31. The van der Waals surface area contributed by atoms with E-state index < -0.39 is 0 Å². The van der Waals surface area contributed by atoms with Gasteiger partial charge in [0.2, 0.25) is 0 Å². The molecule has 1 saturated heterocycles. The molecule has 2 heterocycles. The van der Waals surface area contributed by atoms with Crippen LogP contribution in [0.3, 0.4) is 0 Å². The predicted molar refractivity (Wildman–Crippen MR) is 76.6 cm³/mol. The van der Waals surface area contributed by atoms with Gasteiger partial charge in [-0.25, -0.2) is 4.98 Å². The fraction of sp³-hybridized carbons (Fsp3) is 0.667. The van der Waals surface area contributed by atoms with Gasteiger partial charge in [0, 0.05) is 32.4 Å². The SMILES string of the molecule is CNc1ccc(CN2CC(C)CC(C)C2C)cn1. The van der Waals surface area contributed by atoms with E-state index in [-0.39, 0.29) is 0 Å². The van der Waals surface area contributed by atoms with E-state index in [1.54, 1.807) is 0 Å².